The topological polar surface area (TPSA) is 57.5 Å². The van der Waals surface area contributed by atoms with Gasteiger partial charge in [0.25, 0.3) is 0 Å². The molecule has 0 aromatic heterocycles. The van der Waals surface area contributed by atoms with Gasteiger partial charge in [-0.3, -0.25) is 4.79 Å². The van der Waals surface area contributed by atoms with E-state index in [1.165, 1.54) is 0 Å². The molecule has 6 unspecified atom stereocenters. The number of ketones is 1. The van der Waals surface area contributed by atoms with E-state index in [2.05, 4.69) is 13.8 Å². The van der Waals surface area contributed by atoms with E-state index in [4.69, 9.17) is 0 Å². The molecule has 3 aliphatic carbocycles. The number of aliphatic hydroxyl groups excluding tert-OH is 1. The number of hydrogen-bond donors (Lipinski definition) is 2. The van der Waals surface area contributed by atoms with Crippen LogP contribution in [0.25, 0.3) is 0 Å². The van der Waals surface area contributed by atoms with Crippen LogP contribution in [0.2, 0.25) is 0 Å². The molecule has 3 nitrogen and oxygen atoms in total. The molecule has 102 valence electrons. The Bertz CT molecular complexity index is 385. The fourth-order valence-corrected chi connectivity index (χ4v) is 5.07. The van der Waals surface area contributed by atoms with Crippen LogP contribution in [0.1, 0.15) is 40.0 Å². The van der Waals surface area contributed by atoms with Crippen molar-refractivity contribution in [1.82, 2.24) is 0 Å². The maximum atomic E-state index is 12.3. The van der Waals surface area contributed by atoms with Gasteiger partial charge in [0.1, 0.15) is 5.60 Å². The van der Waals surface area contributed by atoms with Gasteiger partial charge >= 0.3 is 0 Å². The quantitative estimate of drug-likeness (QED) is 0.745. The summed E-state index contributed by atoms with van der Waals surface area (Å²) in [5, 5.41) is 20.2. The highest BCUT2D eigenvalue weighted by atomic mass is 16.3. The second kappa shape index (κ2) is 3.57. The minimum Gasteiger partial charge on any atom is -0.396 e. The first-order chi connectivity index (χ1) is 8.31. The van der Waals surface area contributed by atoms with Crippen LogP contribution in [-0.4, -0.2) is 28.2 Å². The molecule has 0 radical (unpaired) electrons. The van der Waals surface area contributed by atoms with Crippen LogP contribution in [0.15, 0.2) is 0 Å². The van der Waals surface area contributed by atoms with Gasteiger partial charge < -0.3 is 10.2 Å². The average molecular weight is 252 g/mol. The largest absolute Gasteiger partial charge is 0.396 e. The minimum absolute atomic E-state index is 0.0224. The SMILES string of the molecule is CC1(O)C(=O)CC2C(C3C(CO)CCC31)C2(C)C. The molecule has 0 aliphatic heterocycles. The maximum Gasteiger partial charge on any atom is 0.164 e. The first-order valence-electron chi connectivity index (χ1n) is 7.18. The number of fused-ring (bicyclic) bond motifs is 3. The Labute approximate surface area is 109 Å². The van der Waals surface area contributed by atoms with Crippen LogP contribution >= 0.6 is 0 Å². The summed E-state index contributed by atoms with van der Waals surface area (Å²) in [5.41, 5.74) is -0.953. The van der Waals surface area contributed by atoms with E-state index >= 15 is 0 Å². The van der Waals surface area contributed by atoms with E-state index in [-0.39, 0.29) is 29.6 Å². The van der Waals surface area contributed by atoms with Gasteiger partial charge in [-0.15, -0.1) is 0 Å². The lowest BCUT2D eigenvalue weighted by Crippen LogP contribution is -2.45. The van der Waals surface area contributed by atoms with E-state index in [0.717, 1.165) is 12.8 Å². The molecule has 3 rings (SSSR count). The van der Waals surface area contributed by atoms with Gasteiger partial charge in [0.05, 0.1) is 0 Å². The van der Waals surface area contributed by atoms with Crippen LogP contribution in [0, 0.1) is 35.0 Å². The maximum absolute atomic E-state index is 12.3. The van der Waals surface area contributed by atoms with E-state index in [0.29, 0.717) is 24.2 Å². The van der Waals surface area contributed by atoms with Crippen molar-refractivity contribution in [2.24, 2.45) is 35.0 Å². The average Bonchev–Trinajstić information content (AvgIpc) is 2.69. The molecular weight excluding hydrogens is 228 g/mol. The normalized spacial score (nSPS) is 53.6. The zero-order valence-corrected chi connectivity index (χ0v) is 11.5. The Morgan fingerprint density at radius 3 is 2.50 bits per heavy atom. The van der Waals surface area contributed by atoms with Crippen LogP contribution in [0.5, 0.6) is 0 Å². The summed E-state index contributed by atoms with van der Waals surface area (Å²) in [6.07, 6.45) is 2.36. The second-order valence-electron chi connectivity index (χ2n) is 7.43. The molecule has 3 heteroatoms. The molecule has 0 bridgehead atoms. The predicted octanol–water partition coefficient (Wildman–Crippen LogP) is 1.62. The highest BCUT2D eigenvalue weighted by Gasteiger charge is 2.69. The number of hydrogen-bond acceptors (Lipinski definition) is 3. The van der Waals surface area contributed by atoms with E-state index in [9.17, 15) is 15.0 Å². The summed E-state index contributed by atoms with van der Waals surface area (Å²) < 4.78 is 0. The third-order valence-electron chi connectivity index (χ3n) is 6.34. The highest BCUT2D eigenvalue weighted by molar-refractivity contribution is 5.88. The zero-order chi connectivity index (χ0) is 13.3. The molecule has 0 saturated heterocycles. The second-order valence-corrected chi connectivity index (χ2v) is 7.43. The van der Waals surface area contributed by atoms with Crippen LogP contribution in [0.3, 0.4) is 0 Å². The summed E-state index contributed by atoms with van der Waals surface area (Å²) in [6, 6.07) is 0. The van der Waals surface area contributed by atoms with Crippen molar-refractivity contribution >= 4 is 5.78 Å². The van der Waals surface area contributed by atoms with E-state index < -0.39 is 5.60 Å². The lowest BCUT2D eigenvalue weighted by molar-refractivity contribution is -0.143. The van der Waals surface area contributed by atoms with Crippen molar-refractivity contribution in [3.63, 3.8) is 0 Å². The van der Waals surface area contributed by atoms with Gasteiger partial charge in [-0.05, 0) is 54.8 Å². The zero-order valence-electron chi connectivity index (χ0n) is 11.5. The number of carbonyl (C=O) groups is 1. The fourth-order valence-electron chi connectivity index (χ4n) is 5.07. The Morgan fingerprint density at radius 1 is 1.22 bits per heavy atom. The summed E-state index contributed by atoms with van der Waals surface area (Å²) in [4.78, 5) is 12.3. The Balaban J connectivity index is 2.00. The molecule has 0 heterocycles. The molecule has 18 heavy (non-hydrogen) atoms. The van der Waals surface area contributed by atoms with Crippen molar-refractivity contribution in [3.8, 4) is 0 Å². The molecule has 3 saturated carbocycles. The summed E-state index contributed by atoms with van der Waals surface area (Å²) in [5.74, 6) is 1.62. The smallest absolute Gasteiger partial charge is 0.164 e. The van der Waals surface area contributed by atoms with Gasteiger partial charge in [-0.1, -0.05) is 13.8 Å². The summed E-state index contributed by atoms with van der Waals surface area (Å²) in [6.45, 7) is 6.37. The van der Waals surface area contributed by atoms with Crippen LogP contribution in [-0.2, 0) is 4.79 Å². The fraction of sp³-hybridized carbons (Fsp3) is 0.933. The van der Waals surface area contributed by atoms with Gasteiger partial charge in [0, 0.05) is 13.0 Å². The number of Topliss-reactive ketones (excluding diaryl/α,β-unsaturated/α-hetero) is 1. The van der Waals surface area contributed by atoms with Crippen LogP contribution in [0.4, 0.5) is 0 Å². The Kier molecular flexibility index (Phi) is 2.50. The lowest BCUT2D eigenvalue weighted by Gasteiger charge is -2.34. The molecule has 3 aliphatic rings. The number of carbonyl (C=O) groups excluding carboxylic acids is 1. The molecule has 6 atom stereocenters. The van der Waals surface area contributed by atoms with Crippen molar-refractivity contribution in [2.75, 3.05) is 6.61 Å². The Hall–Kier alpha value is -0.410. The molecule has 0 amide bonds. The third-order valence-corrected chi connectivity index (χ3v) is 6.34. The summed E-state index contributed by atoms with van der Waals surface area (Å²) in [7, 11) is 0. The number of rotatable bonds is 1. The van der Waals surface area contributed by atoms with Crippen molar-refractivity contribution < 1.29 is 15.0 Å². The molecule has 0 aromatic carbocycles. The highest BCUT2D eigenvalue weighted by Crippen LogP contribution is 2.70. The van der Waals surface area contributed by atoms with E-state index in [1.807, 2.05) is 0 Å². The first kappa shape index (κ1) is 12.6. The van der Waals surface area contributed by atoms with Crippen LogP contribution < -0.4 is 0 Å². The summed E-state index contributed by atoms with van der Waals surface area (Å²) >= 11 is 0. The molecule has 3 fully saturated rings. The number of aliphatic hydroxyl groups is 2. The standard InChI is InChI=1S/C15H24O3/c1-14(2)10-6-11(17)15(3,18)9-5-4-8(7-16)12(9)13(10)14/h8-10,12-13,16,18H,4-7H2,1-3H3. The predicted molar refractivity (Wildman–Crippen MR) is 67.8 cm³/mol. The monoisotopic (exact) mass is 252 g/mol. The van der Waals surface area contributed by atoms with Gasteiger partial charge in [-0.2, -0.15) is 0 Å². The van der Waals surface area contributed by atoms with Crippen molar-refractivity contribution in [1.29, 1.82) is 0 Å². The van der Waals surface area contributed by atoms with Crippen molar-refractivity contribution in [3.05, 3.63) is 0 Å². The Morgan fingerprint density at radius 2 is 1.89 bits per heavy atom. The molecule has 0 aromatic rings. The molecule has 0 spiro atoms. The molecule has 2 N–H and O–H groups in total. The third kappa shape index (κ3) is 1.41. The molecular formula is C15H24O3. The van der Waals surface area contributed by atoms with Gasteiger partial charge in [-0.25, -0.2) is 0 Å². The minimum atomic E-state index is -1.17. The first-order valence-corrected chi connectivity index (χ1v) is 7.18. The van der Waals surface area contributed by atoms with Crippen molar-refractivity contribution in [2.45, 2.75) is 45.6 Å². The van der Waals surface area contributed by atoms with Gasteiger partial charge in [0.15, 0.2) is 5.78 Å². The lowest BCUT2D eigenvalue weighted by atomic mass is 9.74. The van der Waals surface area contributed by atoms with E-state index in [1.54, 1.807) is 6.92 Å². The van der Waals surface area contributed by atoms with Gasteiger partial charge in [0.2, 0.25) is 0 Å².